The number of hydrogen-bond donors (Lipinski definition) is 1. The molecule has 0 saturated carbocycles. The van der Waals surface area contributed by atoms with Crippen molar-refractivity contribution in [1.82, 2.24) is 10.2 Å². The molecule has 1 heterocycles. The molecular formula is C13H14N2O3. The highest BCUT2D eigenvalue weighted by molar-refractivity contribution is 5.97. The van der Waals surface area contributed by atoms with Crippen molar-refractivity contribution in [1.29, 1.82) is 0 Å². The minimum absolute atomic E-state index is 0.0673. The molecule has 1 aromatic rings. The van der Waals surface area contributed by atoms with Crippen LogP contribution in [0, 0.1) is 0 Å². The molecule has 94 valence electrons. The molecule has 1 saturated heterocycles. The first-order chi connectivity index (χ1) is 8.66. The first-order valence-electron chi connectivity index (χ1n) is 5.79. The Labute approximate surface area is 105 Å². The smallest absolute Gasteiger partial charge is 0.251 e. The van der Waals surface area contributed by atoms with Gasteiger partial charge in [0.1, 0.15) is 0 Å². The molecule has 0 radical (unpaired) electrons. The van der Waals surface area contributed by atoms with E-state index in [-0.39, 0.29) is 30.7 Å². The van der Waals surface area contributed by atoms with E-state index >= 15 is 0 Å². The Bertz CT molecular complexity index is 470. The van der Waals surface area contributed by atoms with E-state index in [0.717, 1.165) is 0 Å². The normalized spacial score (nSPS) is 14.7. The number of carbonyl (C=O) groups is 3. The second-order valence-corrected chi connectivity index (χ2v) is 4.15. The van der Waals surface area contributed by atoms with Crippen LogP contribution in [-0.2, 0) is 9.59 Å². The highest BCUT2D eigenvalue weighted by Crippen LogP contribution is 2.04. The summed E-state index contributed by atoms with van der Waals surface area (Å²) in [6, 6.07) is 8.70. The summed E-state index contributed by atoms with van der Waals surface area (Å²) < 4.78 is 0. The van der Waals surface area contributed by atoms with Crippen molar-refractivity contribution in [3.05, 3.63) is 35.9 Å². The molecule has 1 N–H and O–H groups in total. The summed E-state index contributed by atoms with van der Waals surface area (Å²) in [5.74, 6) is -0.433. The van der Waals surface area contributed by atoms with Gasteiger partial charge in [-0.1, -0.05) is 18.2 Å². The van der Waals surface area contributed by atoms with E-state index in [1.807, 2.05) is 6.07 Å². The Hall–Kier alpha value is -2.17. The molecule has 0 atom stereocenters. The van der Waals surface area contributed by atoms with Crippen LogP contribution in [0.3, 0.4) is 0 Å². The van der Waals surface area contributed by atoms with Crippen LogP contribution >= 0.6 is 0 Å². The van der Waals surface area contributed by atoms with Crippen molar-refractivity contribution in [2.24, 2.45) is 0 Å². The number of Topliss-reactive ketones (excluding diaryl/α,β-unsaturated/α-hetero) is 1. The maximum absolute atomic E-state index is 11.7. The summed E-state index contributed by atoms with van der Waals surface area (Å²) in [6.45, 7) is 0.555. The zero-order valence-corrected chi connectivity index (χ0v) is 9.89. The van der Waals surface area contributed by atoms with Crippen molar-refractivity contribution in [3.8, 4) is 0 Å². The molecular weight excluding hydrogens is 232 g/mol. The van der Waals surface area contributed by atoms with E-state index in [4.69, 9.17) is 0 Å². The molecule has 0 spiro atoms. The molecule has 0 bridgehead atoms. The fourth-order valence-corrected chi connectivity index (χ4v) is 1.80. The van der Waals surface area contributed by atoms with E-state index in [0.29, 0.717) is 18.5 Å². The maximum Gasteiger partial charge on any atom is 0.251 e. The molecule has 2 amide bonds. The SMILES string of the molecule is O=C1CCN(C(=O)CNC(=O)c2ccccc2)C1. The lowest BCUT2D eigenvalue weighted by Gasteiger charge is -2.14. The number of nitrogens with one attached hydrogen (secondary N) is 1. The Balaban J connectivity index is 1.83. The number of hydrogen-bond acceptors (Lipinski definition) is 3. The lowest BCUT2D eigenvalue weighted by atomic mass is 10.2. The summed E-state index contributed by atoms with van der Waals surface area (Å²) in [6.07, 6.45) is 0.415. The Morgan fingerprint density at radius 3 is 2.56 bits per heavy atom. The van der Waals surface area contributed by atoms with E-state index in [1.165, 1.54) is 4.90 Å². The van der Waals surface area contributed by atoms with Crippen LogP contribution in [0.25, 0.3) is 0 Å². The number of carbonyl (C=O) groups excluding carboxylic acids is 3. The van der Waals surface area contributed by atoms with Gasteiger partial charge in [0.2, 0.25) is 5.91 Å². The van der Waals surface area contributed by atoms with Gasteiger partial charge in [-0.25, -0.2) is 0 Å². The lowest BCUT2D eigenvalue weighted by molar-refractivity contribution is -0.130. The number of rotatable bonds is 3. The van der Waals surface area contributed by atoms with Gasteiger partial charge in [0.15, 0.2) is 5.78 Å². The quantitative estimate of drug-likeness (QED) is 0.829. The maximum atomic E-state index is 11.7. The molecule has 2 rings (SSSR count). The van der Waals surface area contributed by atoms with Gasteiger partial charge in [0, 0.05) is 18.5 Å². The second kappa shape index (κ2) is 5.44. The van der Waals surface area contributed by atoms with Crippen molar-refractivity contribution in [2.75, 3.05) is 19.6 Å². The second-order valence-electron chi connectivity index (χ2n) is 4.15. The van der Waals surface area contributed by atoms with Gasteiger partial charge in [-0.05, 0) is 12.1 Å². The number of benzene rings is 1. The van der Waals surface area contributed by atoms with Crippen LogP contribution in [-0.4, -0.2) is 42.1 Å². The van der Waals surface area contributed by atoms with Crippen molar-refractivity contribution in [2.45, 2.75) is 6.42 Å². The fraction of sp³-hybridized carbons (Fsp3) is 0.308. The zero-order valence-electron chi connectivity index (χ0n) is 9.89. The topological polar surface area (TPSA) is 66.5 Å². The van der Waals surface area contributed by atoms with Crippen LogP contribution in [0.15, 0.2) is 30.3 Å². The highest BCUT2D eigenvalue weighted by Gasteiger charge is 2.23. The van der Waals surface area contributed by atoms with E-state index in [2.05, 4.69) is 5.32 Å². The monoisotopic (exact) mass is 246 g/mol. The van der Waals surface area contributed by atoms with Crippen LogP contribution in [0.4, 0.5) is 0 Å². The molecule has 0 aromatic heterocycles. The molecule has 1 aliphatic heterocycles. The van der Waals surface area contributed by atoms with Crippen LogP contribution in [0.1, 0.15) is 16.8 Å². The highest BCUT2D eigenvalue weighted by atomic mass is 16.2. The summed E-state index contributed by atoms with van der Waals surface area (Å²) in [5, 5.41) is 2.55. The van der Waals surface area contributed by atoms with Gasteiger partial charge in [-0.3, -0.25) is 14.4 Å². The Kier molecular flexibility index (Phi) is 3.72. The molecule has 1 fully saturated rings. The van der Waals surface area contributed by atoms with E-state index < -0.39 is 0 Å². The minimum Gasteiger partial charge on any atom is -0.343 e. The molecule has 0 unspecified atom stereocenters. The van der Waals surface area contributed by atoms with Gasteiger partial charge in [-0.15, -0.1) is 0 Å². The minimum atomic E-state index is -0.283. The standard InChI is InChI=1S/C13H14N2O3/c16-11-6-7-15(9-11)12(17)8-14-13(18)10-4-2-1-3-5-10/h1-5H,6-9H2,(H,14,18). The fourth-order valence-electron chi connectivity index (χ4n) is 1.80. The van der Waals surface area contributed by atoms with Gasteiger partial charge < -0.3 is 10.2 Å². The zero-order chi connectivity index (χ0) is 13.0. The molecule has 1 aliphatic rings. The van der Waals surface area contributed by atoms with Crippen molar-refractivity contribution < 1.29 is 14.4 Å². The third-order valence-electron chi connectivity index (χ3n) is 2.82. The van der Waals surface area contributed by atoms with E-state index in [1.54, 1.807) is 24.3 Å². The van der Waals surface area contributed by atoms with Crippen LogP contribution < -0.4 is 5.32 Å². The average Bonchev–Trinajstić information content (AvgIpc) is 2.83. The number of likely N-dealkylation sites (tertiary alicyclic amines) is 1. The largest absolute Gasteiger partial charge is 0.343 e. The molecule has 18 heavy (non-hydrogen) atoms. The molecule has 0 aliphatic carbocycles. The van der Waals surface area contributed by atoms with Crippen molar-refractivity contribution in [3.63, 3.8) is 0 Å². The first kappa shape index (κ1) is 12.3. The summed E-state index contributed by atoms with van der Waals surface area (Å²) >= 11 is 0. The third-order valence-corrected chi connectivity index (χ3v) is 2.82. The van der Waals surface area contributed by atoms with Crippen LogP contribution in [0.2, 0.25) is 0 Å². The first-order valence-corrected chi connectivity index (χ1v) is 5.79. The predicted octanol–water partition coefficient (Wildman–Crippen LogP) is 0.218. The molecule has 5 heteroatoms. The summed E-state index contributed by atoms with van der Waals surface area (Å²) in [5.41, 5.74) is 0.516. The van der Waals surface area contributed by atoms with Gasteiger partial charge in [0.05, 0.1) is 13.1 Å². The Morgan fingerprint density at radius 1 is 1.22 bits per heavy atom. The number of amides is 2. The van der Waals surface area contributed by atoms with Gasteiger partial charge in [-0.2, -0.15) is 0 Å². The average molecular weight is 246 g/mol. The number of nitrogens with zero attached hydrogens (tertiary/aromatic N) is 1. The molecule has 1 aromatic carbocycles. The molecule has 5 nitrogen and oxygen atoms in total. The summed E-state index contributed by atoms with van der Waals surface area (Å²) in [4.78, 5) is 35.9. The van der Waals surface area contributed by atoms with Gasteiger partial charge in [0.25, 0.3) is 5.91 Å². The van der Waals surface area contributed by atoms with Gasteiger partial charge >= 0.3 is 0 Å². The van der Waals surface area contributed by atoms with E-state index in [9.17, 15) is 14.4 Å². The predicted molar refractivity (Wildman–Crippen MR) is 65.0 cm³/mol. The lowest BCUT2D eigenvalue weighted by Crippen LogP contribution is -2.39. The van der Waals surface area contributed by atoms with Crippen molar-refractivity contribution >= 4 is 17.6 Å². The van der Waals surface area contributed by atoms with Crippen LogP contribution in [0.5, 0.6) is 0 Å². The Morgan fingerprint density at radius 2 is 1.94 bits per heavy atom. The summed E-state index contributed by atoms with van der Waals surface area (Å²) in [7, 11) is 0. The number of ketones is 1. The third kappa shape index (κ3) is 2.94.